The third-order valence-corrected chi connectivity index (χ3v) is 0.751. The fourth-order valence-corrected chi connectivity index (χ4v) is 0.411. The molecule has 0 unspecified atom stereocenters. The maximum absolute atomic E-state index is 6.83. The topological polar surface area (TPSA) is 67.7 Å². The molecule has 0 aliphatic heterocycles. The summed E-state index contributed by atoms with van der Waals surface area (Å²) in [5.74, 6) is -0.0602. The van der Waals surface area contributed by atoms with E-state index in [2.05, 4.69) is 5.10 Å². The molecule has 5 heteroatoms. The van der Waals surface area contributed by atoms with Crippen LogP contribution in [0.3, 0.4) is 0 Å². The molecule has 0 amide bonds. The van der Waals surface area contributed by atoms with Gasteiger partial charge in [0.1, 0.15) is 0 Å². The maximum atomic E-state index is 6.83. The van der Waals surface area contributed by atoms with Crippen LogP contribution in [0.4, 0.5) is 0 Å². The number of nitrogens with two attached hydrogens (primary N) is 1. The lowest BCUT2D eigenvalue weighted by molar-refractivity contribution is 0.912. The van der Waals surface area contributed by atoms with Gasteiger partial charge in [0.25, 0.3) is 0 Å². The van der Waals surface area contributed by atoms with E-state index in [-0.39, 0.29) is 18.4 Å². The fraction of sp³-hybridized carbons (Fsp3) is 0. The SMILES string of the molecule is Cl.N=C(N)n1cccn1. The molecule has 4 nitrogen and oxygen atoms in total. The van der Waals surface area contributed by atoms with Gasteiger partial charge in [0.2, 0.25) is 5.96 Å². The second-order valence-electron chi connectivity index (χ2n) is 1.34. The van der Waals surface area contributed by atoms with Crippen molar-refractivity contribution in [3.8, 4) is 0 Å². The number of aromatic nitrogens is 2. The Bertz CT molecular complexity index is 180. The van der Waals surface area contributed by atoms with E-state index in [1.165, 1.54) is 4.68 Å². The van der Waals surface area contributed by atoms with Crippen molar-refractivity contribution in [3.05, 3.63) is 18.5 Å². The van der Waals surface area contributed by atoms with Gasteiger partial charge >= 0.3 is 0 Å². The number of hydrogen-bond acceptors (Lipinski definition) is 2. The zero-order chi connectivity index (χ0) is 5.98. The molecule has 0 saturated heterocycles. The van der Waals surface area contributed by atoms with E-state index in [0.717, 1.165) is 0 Å². The van der Waals surface area contributed by atoms with E-state index in [1.54, 1.807) is 18.5 Å². The van der Waals surface area contributed by atoms with E-state index < -0.39 is 0 Å². The Morgan fingerprint density at radius 1 is 1.67 bits per heavy atom. The van der Waals surface area contributed by atoms with Gasteiger partial charge in [-0.05, 0) is 6.07 Å². The van der Waals surface area contributed by atoms with Crippen LogP contribution >= 0.6 is 12.4 Å². The molecule has 0 aromatic carbocycles. The molecule has 0 spiro atoms. The minimum atomic E-state index is -0.0602. The first-order valence-corrected chi connectivity index (χ1v) is 2.15. The van der Waals surface area contributed by atoms with Crippen LogP contribution in [-0.2, 0) is 0 Å². The largest absolute Gasteiger partial charge is 0.368 e. The molecule has 1 aromatic rings. The van der Waals surface area contributed by atoms with Gasteiger partial charge in [0, 0.05) is 12.4 Å². The van der Waals surface area contributed by atoms with Crippen LogP contribution in [0.5, 0.6) is 0 Å². The first-order valence-electron chi connectivity index (χ1n) is 2.15. The first-order chi connectivity index (χ1) is 3.80. The Morgan fingerprint density at radius 3 is 2.56 bits per heavy atom. The summed E-state index contributed by atoms with van der Waals surface area (Å²) in [6, 6.07) is 1.71. The minimum Gasteiger partial charge on any atom is -0.368 e. The molecule has 3 N–H and O–H groups in total. The molecular formula is C4H7ClN4. The Hall–Kier alpha value is -1.03. The number of halogens is 1. The van der Waals surface area contributed by atoms with E-state index in [0.29, 0.717) is 0 Å². The van der Waals surface area contributed by atoms with Crippen LogP contribution in [-0.4, -0.2) is 15.7 Å². The smallest absolute Gasteiger partial charge is 0.213 e. The summed E-state index contributed by atoms with van der Waals surface area (Å²) >= 11 is 0. The van der Waals surface area contributed by atoms with Gasteiger partial charge in [-0.1, -0.05) is 0 Å². The standard InChI is InChI=1S/C4H6N4.ClH/c5-4(6)8-3-1-2-7-8;/h1-3H,(H3,5,6);1H. The van der Waals surface area contributed by atoms with Gasteiger partial charge in [0.15, 0.2) is 0 Å². The van der Waals surface area contributed by atoms with Crippen molar-refractivity contribution < 1.29 is 0 Å². The summed E-state index contributed by atoms with van der Waals surface area (Å²) in [5.41, 5.74) is 5.04. The molecule has 50 valence electrons. The first kappa shape index (κ1) is 7.97. The molecule has 0 atom stereocenters. The molecule has 0 fully saturated rings. The van der Waals surface area contributed by atoms with Gasteiger partial charge in [-0.25, -0.2) is 4.68 Å². The van der Waals surface area contributed by atoms with Crippen LogP contribution in [0.1, 0.15) is 0 Å². The molecule has 1 aromatic heterocycles. The van der Waals surface area contributed by atoms with Gasteiger partial charge in [-0.3, -0.25) is 5.41 Å². The van der Waals surface area contributed by atoms with Crippen molar-refractivity contribution in [3.63, 3.8) is 0 Å². The zero-order valence-corrected chi connectivity index (χ0v) is 5.43. The molecule has 9 heavy (non-hydrogen) atoms. The van der Waals surface area contributed by atoms with Crippen molar-refractivity contribution in [2.24, 2.45) is 5.73 Å². The van der Waals surface area contributed by atoms with Crippen LogP contribution in [0.15, 0.2) is 18.5 Å². The van der Waals surface area contributed by atoms with E-state index in [1.807, 2.05) is 0 Å². The molecular weight excluding hydrogens is 140 g/mol. The lowest BCUT2D eigenvalue weighted by atomic mass is 10.7. The Labute approximate surface area is 58.6 Å². The Kier molecular flexibility index (Phi) is 2.73. The molecule has 0 aliphatic rings. The monoisotopic (exact) mass is 146 g/mol. The fourth-order valence-electron chi connectivity index (χ4n) is 0.411. The third-order valence-electron chi connectivity index (χ3n) is 0.751. The number of nitrogen functional groups attached to an aromatic ring is 1. The lowest BCUT2D eigenvalue weighted by Crippen LogP contribution is -2.20. The highest BCUT2D eigenvalue weighted by Crippen LogP contribution is 1.77. The molecule has 0 saturated carbocycles. The minimum absolute atomic E-state index is 0. The van der Waals surface area contributed by atoms with Crippen molar-refractivity contribution in [2.75, 3.05) is 0 Å². The summed E-state index contributed by atoms with van der Waals surface area (Å²) in [6.45, 7) is 0. The number of nitrogens with zero attached hydrogens (tertiary/aromatic N) is 2. The van der Waals surface area contributed by atoms with Gasteiger partial charge in [-0.2, -0.15) is 5.10 Å². The van der Waals surface area contributed by atoms with Crippen LogP contribution < -0.4 is 5.73 Å². The van der Waals surface area contributed by atoms with Gasteiger partial charge in [-0.15, -0.1) is 12.4 Å². The second kappa shape index (κ2) is 3.09. The second-order valence-corrected chi connectivity index (χ2v) is 1.34. The summed E-state index contributed by atoms with van der Waals surface area (Å²) in [6.07, 6.45) is 3.18. The highest BCUT2D eigenvalue weighted by Gasteiger charge is 1.87. The van der Waals surface area contributed by atoms with Crippen molar-refractivity contribution in [2.45, 2.75) is 0 Å². The summed E-state index contributed by atoms with van der Waals surface area (Å²) in [7, 11) is 0. The van der Waals surface area contributed by atoms with Gasteiger partial charge in [0.05, 0.1) is 0 Å². The average Bonchev–Trinajstić information content (AvgIpc) is 2.12. The van der Waals surface area contributed by atoms with Crippen molar-refractivity contribution in [1.29, 1.82) is 5.41 Å². The van der Waals surface area contributed by atoms with Crippen LogP contribution in [0.2, 0.25) is 0 Å². The van der Waals surface area contributed by atoms with E-state index in [4.69, 9.17) is 11.1 Å². The molecule has 0 aliphatic carbocycles. The van der Waals surface area contributed by atoms with Crippen LogP contribution in [0.25, 0.3) is 0 Å². The molecule has 0 radical (unpaired) electrons. The summed E-state index contributed by atoms with van der Waals surface area (Å²) < 4.78 is 1.28. The number of nitrogens with one attached hydrogen (secondary N) is 1. The Balaban J connectivity index is 0.000000640. The highest BCUT2D eigenvalue weighted by atomic mass is 35.5. The van der Waals surface area contributed by atoms with Gasteiger partial charge < -0.3 is 5.73 Å². The number of rotatable bonds is 0. The highest BCUT2D eigenvalue weighted by molar-refractivity contribution is 5.85. The van der Waals surface area contributed by atoms with E-state index >= 15 is 0 Å². The summed E-state index contributed by atoms with van der Waals surface area (Å²) in [5, 5.41) is 10.5. The predicted molar refractivity (Wildman–Crippen MR) is 36.8 cm³/mol. The van der Waals surface area contributed by atoms with Crippen molar-refractivity contribution in [1.82, 2.24) is 9.78 Å². The number of hydrogen-bond donors (Lipinski definition) is 2. The average molecular weight is 147 g/mol. The normalized spacial score (nSPS) is 8.00. The Morgan fingerprint density at radius 2 is 2.33 bits per heavy atom. The third kappa shape index (κ3) is 1.73. The zero-order valence-electron chi connectivity index (χ0n) is 4.61. The quantitative estimate of drug-likeness (QED) is 0.401. The lowest BCUT2D eigenvalue weighted by Gasteiger charge is -1.91. The van der Waals surface area contributed by atoms with Crippen molar-refractivity contribution >= 4 is 18.4 Å². The van der Waals surface area contributed by atoms with E-state index in [9.17, 15) is 0 Å². The van der Waals surface area contributed by atoms with Crippen LogP contribution in [0, 0.1) is 5.41 Å². The molecule has 1 heterocycles. The summed E-state index contributed by atoms with van der Waals surface area (Å²) in [4.78, 5) is 0. The molecule has 0 bridgehead atoms. The predicted octanol–water partition coefficient (Wildman–Crippen LogP) is 0.0465. The molecule has 1 rings (SSSR count). The maximum Gasteiger partial charge on any atom is 0.213 e.